The predicted octanol–water partition coefficient (Wildman–Crippen LogP) is 2.40. The Bertz CT molecular complexity index is 979. The second kappa shape index (κ2) is 6.59. The van der Waals surface area contributed by atoms with Crippen molar-refractivity contribution in [1.29, 1.82) is 0 Å². The van der Waals surface area contributed by atoms with Gasteiger partial charge in [-0.15, -0.1) is 11.3 Å². The molecule has 2 aromatic heterocycles. The number of nitro groups is 1. The summed E-state index contributed by atoms with van der Waals surface area (Å²) in [6, 6.07) is 7.39. The number of nitrogens with zero attached hydrogens (tertiary/aromatic N) is 3. The van der Waals surface area contributed by atoms with Crippen LogP contribution >= 0.6 is 11.3 Å². The highest BCUT2D eigenvalue weighted by Crippen LogP contribution is 2.17. The molecule has 0 unspecified atom stereocenters. The van der Waals surface area contributed by atoms with E-state index in [4.69, 9.17) is 0 Å². The second-order valence-electron chi connectivity index (χ2n) is 4.99. The molecule has 0 saturated heterocycles. The van der Waals surface area contributed by atoms with E-state index >= 15 is 0 Å². The van der Waals surface area contributed by atoms with Crippen LogP contribution in [0, 0.1) is 10.1 Å². The molecule has 0 radical (unpaired) electrons. The number of amides is 1. The maximum absolute atomic E-state index is 12.2. The zero-order valence-electron chi connectivity index (χ0n) is 12.3. The number of aryl methyl sites for hydroxylation is 1. The van der Waals surface area contributed by atoms with Gasteiger partial charge in [0.1, 0.15) is 4.83 Å². The number of nitrogens with one attached hydrogen (secondary N) is 1. The lowest BCUT2D eigenvalue weighted by Crippen LogP contribution is -2.23. The van der Waals surface area contributed by atoms with E-state index in [0.717, 1.165) is 0 Å². The van der Waals surface area contributed by atoms with Crippen LogP contribution in [0.3, 0.4) is 0 Å². The van der Waals surface area contributed by atoms with Crippen LogP contribution in [0.4, 0.5) is 11.4 Å². The summed E-state index contributed by atoms with van der Waals surface area (Å²) in [5.74, 6) is -0.340. The fourth-order valence-corrected chi connectivity index (χ4v) is 2.92. The van der Waals surface area contributed by atoms with Gasteiger partial charge in [0, 0.05) is 30.8 Å². The molecule has 8 nitrogen and oxygen atoms in total. The Morgan fingerprint density at radius 3 is 3.00 bits per heavy atom. The van der Waals surface area contributed by atoms with Crippen molar-refractivity contribution in [1.82, 2.24) is 9.55 Å². The molecule has 2 heterocycles. The molecule has 24 heavy (non-hydrogen) atoms. The molecule has 0 aliphatic rings. The van der Waals surface area contributed by atoms with Crippen molar-refractivity contribution < 1.29 is 9.72 Å². The van der Waals surface area contributed by atoms with E-state index in [0.29, 0.717) is 15.9 Å². The summed E-state index contributed by atoms with van der Waals surface area (Å²) in [6.45, 7) is 0.179. The lowest BCUT2D eigenvalue weighted by atomic mass is 10.2. The number of aromatic nitrogens is 2. The summed E-state index contributed by atoms with van der Waals surface area (Å²) in [5.41, 5.74) is 0.0495. The van der Waals surface area contributed by atoms with Crippen LogP contribution in [0.25, 0.3) is 10.2 Å². The van der Waals surface area contributed by atoms with Crippen LogP contribution in [-0.4, -0.2) is 20.4 Å². The number of benzene rings is 1. The molecule has 122 valence electrons. The molecule has 9 heteroatoms. The molecule has 1 amide bonds. The largest absolute Gasteiger partial charge is 0.326 e. The van der Waals surface area contributed by atoms with Crippen molar-refractivity contribution in [3.8, 4) is 0 Å². The van der Waals surface area contributed by atoms with E-state index in [1.165, 1.54) is 40.4 Å². The third-order valence-electron chi connectivity index (χ3n) is 3.37. The first-order valence-corrected chi connectivity index (χ1v) is 7.89. The summed E-state index contributed by atoms with van der Waals surface area (Å²) in [5, 5.41) is 15.6. The fraction of sp³-hybridized carbons (Fsp3) is 0.133. The topological polar surface area (TPSA) is 107 Å². The van der Waals surface area contributed by atoms with E-state index in [-0.39, 0.29) is 30.1 Å². The molecular weight excluding hydrogens is 332 g/mol. The van der Waals surface area contributed by atoms with Crippen LogP contribution < -0.4 is 10.9 Å². The molecule has 0 fully saturated rings. The van der Waals surface area contributed by atoms with E-state index in [9.17, 15) is 19.7 Å². The maximum Gasteiger partial charge on any atom is 0.271 e. The zero-order chi connectivity index (χ0) is 17.1. The highest BCUT2D eigenvalue weighted by atomic mass is 32.1. The number of fused-ring (bicyclic) bond motifs is 1. The molecule has 0 saturated carbocycles. The van der Waals surface area contributed by atoms with Gasteiger partial charge in [-0.25, -0.2) is 4.98 Å². The van der Waals surface area contributed by atoms with Gasteiger partial charge in [-0.2, -0.15) is 0 Å². The molecule has 0 bridgehead atoms. The highest BCUT2D eigenvalue weighted by Gasteiger charge is 2.10. The Kier molecular flexibility index (Phi) is 4.34. The van der Waals surface area contributed by atoms with Gasteiger partial charge in [0.25, 0.3) is 11.2 Å². The summed E-state index contributed by atoms with van der Waals surface area (Å²) in [4.78, 5) is 39.2. The number of anilines is 1. The smallest absolute Gasteiger partial charge is 0.271 e. The van der Waals surface area contributed by atoms with Crippen LogP contribution in [-0.2, 0) is 11.3 Å². The number of thiophene rings is 1. The fourth-order valence-electron chi connectivity index (χ4n) is 2.20. The van der Waals surface area contributed by atoms with E-state index < -0.39 is 4.92 Å². The van der Waals surface area contributed by atoms with Crippen molar-refractivity contribution in [2.75, 3.05) is 5.32 Å². The lowest BCUT2D eigenvalue weighted by molar-refractivity contribution is -0.384. The summed E-state index contributed by atoms with van der Waals surface area (Å²) >= 11 is 1.38. The van der Waals surface area contributed by atoms with Crippen molar-refractivity contribution in [3.05, 3.63) is 62.5 Å². The Morgan fingerprint density at radius 1 is 1.38 bits per heavy atom. The van der Waals surface area contributed by atoms with Gasteiger partial charge in [-0.1, -0.05) is 6.07 Å². The number of carbonyl (C=O) groups excluding carboxylic acids is 1. The maximum atomic E-state index is 12.2. The zero-order valence-corrected chi connectivity index (χ0v) is 13.2. The quantitative estimate of drug-likeness (QED) is 0.565. The number of non-ortho nitro benzene ring substituents is 1. The molecule has 0 spiro atoms. The first-order chi connectivity index (χ1) is 11.5. The predicted molar refractivity (Wildman–Crippen MR) is 90.2 cm³/mol. The Hall–Kier alpha value is -3.07. The summed E-state index contributed by atoms with van der Waals surface area (Å²) in [6.07, 6.45) is 1.47. The van der Waals surface area contributed by atoms with Gasteiger partial charge in [0.05, 0.1) is 16.6 Å². The van der Waals surface area contributed by atoms with Crippen molar-refractivity contribution in [2.24, 2.45) is 0 Å². The monoisotopic (exact) mass is 344 g/mol. The summed E-state index contributed by atoms with van der Waals surface area (Å²) in [7, 11) is 0. The molecule has 3 aromatic rings. The minimum absolute atomic E-state index is 0.0555. The first-order valence-electron chi connectivity index (χ1n) is 7.01. The molecular formula is C15H12N4O4S. The van der Waals surface area contributed by atoms with E-state index in [1.807, 2.05) is 0 Å². The van der Waals surface area contributed by atoms with Crippen LogP contribution in [0.1, 0.15) is 6.42 Å². The van der Waals surface area contributed by atoms with Gasteiger partial charge < -0.3 is 5.32 Å². The number of nitro benzene ring substituents is 1. The van der Waals surface area contributed by atoms with Crippen LogP contribution in [0.5, 0.6) is 0 Å². The van der Waals surface area contributed by atoms with E-state index in [1.54, 1.807) is 17.5 Å². The van der Waals surface area contributed by atoms with Gasteiger partial charge in [0.15, 0.2) is 0 Å². The first kappa shape index (κ1) is 15.8. The molecule has 0 atom stereocenters. The van der Waals surface area contributed by atoms with Crippen molar-refractivity contribution in [2.45, 2.75) is 13.0 Å². The Labute approximate surface area is 139 Å². The number of hydrogen-bond donors (Lipinski definition) is 1. The standard InChI is InChI=1S/C15H12N4O4S/c20-13(17-10-2-1-3-11(8-10)19(22)23)4-6-18-9-16-14-12(15(18)21)5-7-24-14/h1-3,5,7-9H,4,6H2,(H,17,20). The van der Waals surface area contributed by atoms with Gasteiger partial charge >= 0.3 is 0 Å². The molecule has 0 aliphatic heterocycles. The third kappa shape index (κ3) is 3.30. The molecule has 3 rings (SSSR count). The highest BCUT2D eigenvalue weighted by molar-refractivity contribution is 7.16. The lowest BCUT2D eigenvalue weighted by Gasteiger charge is -2.07. The minimum Gasteiger partial charge on any atom is -0.326 e. The van der Waals surface area contributed by atoms with Crippen molar-refractivity contribution >= 4 is 38.8 Å². The average Bonchev–Trinajstić information content (AvgIpc) is 3.04. The Balaban J connectivity index is 1.67. The number of rotatable bonds is 5. The SMILES string of the molecule is O=C(CCn1cnc2sccc2c1=O)Nc1cccc([N+](=O)[O-])c1. The van der Waals surface area contributed by atoms with Gasteiger partial charge in [-0.05, 0) is 17.5 Å². The number of carbonyl (C=O) groups is 1. The van der Waals surface area contributed by atoms with Gasteiger partial charge in [-0.3, -0.25) is 24.3 Å². The molecule has 0 aliphatic carbocycles. The van der Waals surface area contributed by atoms with E-state index in [2.05, 4.69) is 10.3 Å². The summed E-state index contributed by atoms with van der Waals surface area (Å²) < 4.78 is 1.38. The van der Waals surface area contributed by atoms with Crippen molar-refractivity contribution in [3.63, 3.8) is 0 Å². The van der Waals surface area contributed by atoms with Gasteiger partial charge in [0.2, 0.25) is 5.91 Å². The van der Waals surface area contributed by atoms with Crippen LogP contribution in [0.15, 0.2) is 46.8 Å². The number of hydrogen-bond acceptors (Lipinski definition) is 6. The third-order valence-corrected chi connectivity index (χ3v) is 4.19. The average molecular weight is 344 g/mol. The minimum atomic E-state index is -0.531. The molecule has 1 N–H and O–H groups in total. The normalized spacial score (nSPS) is 10.7. The second-order valence-corrected chi connectivity index (χ2v) is 5.88. The Morgan fingerprint density at radius 2 is 2.21 bits per heavy atom. The van der Waals surface area contributed by atoms with Crippen LogP contribution in [0.2, 0.25) is 0 Å². The molecule has 1 aromatic carbocycles.